The summed E-state index contributed by atoms with van der Waals surface area (Å²) in [5, 5.41) is 13.1. The number of fused-ring (bicyclic) bond motifs is 1. The number of hydrogen-bond donors (Lipinski definition) is 2. The number of hydrogen-bond acceptors (Lipinski definition) is 2. The van der Waals surface area contributed by atoms with Crippen LogP contribution >= 0.6 is 0 Å². The third-order valence-electron chi connectivity index (χ3n) is 3.83. The number of aryl methyl sites for hydroxylation is 1. The van der Waals surface area contributed by atoms with Gasteiger partial charge >= 0.3 is 0 Å². The second-order valence-electron chi connectivity index (χ2n) is 5.19. The van der Waals surface area contributed by atoms with Gasteiger partial charge in [-0.15, -0.1) is 0 Å². The lowest BCUT2D eigenvalue weighted by Crippen LogP contribution is -2.24. The van der Waals surface area contributed by atoms with E-state index >= 15 is 0 Å². The maximum absolute atomic E-state index is 9.48. The largest absolute Gasteiger partial charge is 0.508 e. The number of phenolic OH excluding ortho intramolecular Hbond substituents is 1. The summed E-state index contributed by atoms with van der Waals surface area (Å²) in [6, 6.07) is 16.6. The van der Waals surface area contributed by atoms with Gasteiger partial charge in [0.1, 0.15) is 5.75 Å². The molecule has 0 bridgehead atoms. The Hall–Kier alpha value is -1.80. The molecule has 2 aromatic carbocycles. The lowest BCUT2D eigenvalue weighted by molar-refractivity contribution is 0.455. The molecule has 1 aliphatic rings. The minimum absolute atomic E-state index is 0.336. The Bertz CT molecular complexity index is 565. The molecule has 3 rings (SSSR count). The molecule has 0 spiro atoms. The Kier molecular flexibility index (Phi) is 3.51. The predicted molar refractivity (Wildman–Crippen MR) is 77.1 cm³/mol. The van der Waals surface area contributed by atoms with Gasteiger partial charge in [-0.1, -0.05) is 36.4 Å². The van der Waals surface area contributed by atoms with Gasteiger partial charge in [-0.3, -0.25) is 0 Å². The molecule has 98 valence electrons. The minimum atomic E-state index is 0.336. The maximum atomic E-state index is 9.48. The molecule has 0 fully saturated rings. The van der Waals surface area contributed by atoms with Crippen molar-refractivity contribution in [2.75, 3.05) is 0 Å². The SMILES string of the molecule is Oc1cccc(CNC2CCCc3ccccc32)c1. The van der Waals surface area contributed by atoms with Gasteiger partial charge in [0.15, 0.2) is 0 Å². The van der Waals surface area contributed by atoms with E-state index in [1.165, 1.54) is 30.4 Å². The van der Waals surface area contributed by atoms with Crippen molar-refractivity contribution >= 4 is 0 Å². The molecule has 2 nitrogen and oxygen atoms in total. The smallest absolute Gasteiger partial charge is 0.115 e. The van der Waals surface area contributed by atoms with E-state index in [-0.39, 0.29) is 0 Å². The van der Waals surface area contributed by atoms with E-state index in [0.717, 1.165) is 12.1 Å². The van der Waals surface area contributed by atoms with E-state index in [9.17, 15) is 5.11 Å². The molecule has 2 N–H and O–H groups in total. The van der Waals surface area contributed by atoms with Crippen LogP contribution in [0.1, 0.15) is 35.6 Å². The van der Waals surface area contributed by atoms with Crippen molar-refractivity contribution in [3.05, 3.63) is 65.2 Å². The molecule has 0 heterocycles. The highest BCUT2D eigenvalue weighted by Gasteiger charge is 2.18. The fraction of sp³-hybridized carbons (Fsp3) is 0.294. The van der Waals surface area contributed by atoms with Crippen molar-refractivity contribution < 1.29 is 5.11 Å². The third kappa shape index (κ3) is 2.79. The zero-order valence-corrected chi connectivity index (χ0v) is 11.0. The first-order valence-corrected chi connectivity index (χ1v) is 6.92. The molecular weight excluding hydrogens is 234 g/mol. The van der Waals surface area contributed by atoms with Crippen molar-refractivity contribution in [1.29, 1.82) is 0 Å². The van der Waals surface area contributed by atoms with Crippen molar-refractivity contribution in [3.63, 3.8) is 0 Å². The van der Waals surface area contributed by atoms with E-state index in [4.69, 9.17) is 0 Å². The summed E-state index contributed by atoms with van der Waals surface area (Å²) in [5.41, 5.74) is 4.04. The van der Waals surface area contributed by atoms with Crippen LogP contribution in [-0.4, -0.2) is 5.11 Å². The second-order valence-corrected chi connectivity index (χ2v) is 5.19. The zero-order chi connectivity index (χ0) is 13.1. The summed E-state index contributed by atoms with van der Waals surface area (Å²) < 4.78 is 0. The summed E-state index contributed by atoms with van der Waals surface area (Å²) >= 11 is 0. The van der Waals surface area contributed by atoms with Crippen LogP contribution < -0.4 is 5.32 Å². The highest BCUT2D eigenvalue weighted by molar-refractivity contribution is 5.32. The summed E-state index contributed by atoms with van der Waals surface area (Å²) in [6.07, 6.45) is 3.63. The first-order valence-electron chi connectivity index (χ1n) is 6.92. The van der Waals surface area contributed by atoms with E-state index < -0.39 is 0 Å². The molecule has 0 aliphatic heterocycles. The molecule has 2 aromatic rings. The summed E-state index contributed by atoms with van der Waals surface area (Å²) in [5.74, 6) is 0.336. The first kappa shape index (κ1) is 12.2. The van der Waals surface area contributed by atoms with Crippen LogP contribution in [0.2, 0.25) is 0 Å². The number of aromatic hydroxyl groups is 1. The quantitative estimate of drug-likeness (QED) is 0.876. The second kappa shape index (κ2) is 5.45. The van der Waals surface area contributed by atoms with Crippen LogP contribution in [0.4, 0.5) is 0 Å². The van der Waals surface area contributed by atoms with Gasteiger partial charge in [0.2, 0.25) is 0 Å². The molecule has 1 unspecified atom stereocenters. The monoisotopic (exact) mass is 253 g/mol. The van der Waals surface area contributed by atoms with Crippen LogP contribution in [-0.2, 0) is 13.0 Å². The fourth-order valence-corrected chi connectivity index (χ4v) is 2.87. The fourth-order valence-electron chi connectivity index (χ4n) is 2.87. The Labute approximate surface area is 114 Å². The van der Waals surface area contributed by atoms with Gasteiger partial charge in [0.25, 0.3) is 0 Å². The molecule has 2 heteroatoms. The van der Waals surface area contributed by atoms with Gasteiger partial charge in [-0.2, -0.15) is 0 Å². The Morgan fingerprint density at radius 3 is 2.89 bits per heavy atom. The molecule has 0 saturated heterocycles. The number of nitrogens with one attached hydrogen (secondary N) is 1. The lowest BCUT2D eigenvalue weighted by Gasteiger charge is -2.26. The number of phenols is 1. The van der Waals surface area contributed by atoms with E-state index in [2.05, 4.69) is 29.6 Å². The van der Waals surface area contributed by atoms with Gasteiger partial charge in [0, 0.05) is 12.6 Å². The molecular formula is C17H19NO. The van der Waals surface area contributed by atoms with Crippen LogP contribution in [0.5, 0.6) is 5.75 Å². The normalized spacial score (nSPS) is 18.0. The van der Waals surface area contributed by atoms with Crippen molar-refractivity contribution in [2.24, 2.45) is 0 Å². The Balaban J connectivity index is 1.71. The van der Waals surface area contributed by atoms with Gasteiger partial charge in [-0.25, -0.2) is 0 Å². The molecule has 0 saturated carbocycles. The summed E-state index contributed by atoms with van der Waals surface area (Å²) in [7, 11) is 0. The zero-order valence-electron chi connectivity index (χ0n) is 11.0. The van der Waals surface area contributed by atoms with Gasteiger partial charge < -0.3 is 10.4 Å². The van der Waals surface area contributed by atoms with E-state index in [0.29, 0.717) is 11.8 Å². The minimum Gasteiger partial charge on any atom is -0.508 e. The van der Waals surface area contributed by atoms with Crippen LogP contribution in [0.15, 0.2) is 48.5 Å². The molecule has 0 amide bonds. The summed E-state index contributed by atoms with van der Waals surface area (Å²) in [4.78, 5) is 0. The summed E-state index contributed by atoms with van der Waals surface area (Å²) in [6.45, 7) is 0.799. The third-order valence-corrected chi connectivity index (χ3v) is 3.83. The maximum Gasteiger partial charge on any atom is 0.115 e. The molecule has 1 aliphatic carbocycles. The number of rotatable bonds is 3. The highest BCUT2D eigenvalue weighted by atomic mass is 16.3. The average Bonchev–Trinajstić information content (AvgIpc) is 2.45. The van der Waals surface area contributed by atoms with Gasteiger partial charge in [-0.05, 0) is 48.1 Å². The Morgan fingerprint density at radius 2 is 2.00 bits per heavy atom. The molecule has 19 heavy (non-hydrogen) atoms. The van der Waals surface area contributed by atoms with Crippen molar-refractivity contribution in [2.45, 2.75) is 31.8 Å². The molecule has 0 radical (unpaired) electrons. The molecule has 1 atom stereocenters. The lowest BCUT2D eigenvalue weighted by atomic mass is 9.87. The van der Waals surface area contributed by atoms with Crippen molar-refractivity contribution in [1.82, 2.24) is 5.32 Å². The van der Waals surface area contributed by atoms with E-state index in [1.807, 2.05) is 18.2 Å². The van der Waals surface area contributed by atoms with Crippen molar-refractivity contribution in [3.8, 4) is 5.75 Å². The van der Waals surface area contributed by atoms with E-state index in [1.54, 1.807) is 6.07 Å². The topological polar surface area (TPSA) is 32.3 Å². The van der Waals surface area contributed by atoms with Crippen LogP contribution in [0.25, 0.3) is 0 Å². The predicted octanol–water partition coefficient (Wildman–Crippen LogP) is 3.56. The highest BCUT2D eigenvalue weighted by Crippen LogP contribution is 2.29. The van der Waals surface area contributed by atoms with Gasteiger partial charge in [0.05, 0.1) is 0 Å². The Morgan fingerprint density at radius 1 is 1.11 bits per heavy atom. The standard InChI is InChI=1S/C17H19NO/c19-15-8-3-5-13(11-15)12-18-17-10-4-7-14-6-1-2-9-16(14)17/h1-3,5-6,8-9,11,17-19H,4,7,10,12H2. The first-order chi connectivity index (χ1) is 9.33. The average molecular weight is 253 g/mol. The number of benzene rings is 2. The van der Waals surface area contributed by atoms with Crippen LogP contribution in [0.3, 0.4) is 0 Å². The molecule has 0 aromatic heterocycles. The van der Waals surface area contributed by atoms with Crippen LogP contribution in [0, 0.1) is 0 Å².